The minimum atomic E-state index is 0.117. The summed E-state index contributed by atoms with van der Waals surface area (Å²) in [6.07, 6.45) is 7.00. The molecule has 0 aliphatic heterocycles. The van der Waals surface area contributed by atoms with Gasteiger partial charge in [-0.25, -0.2) is 0 Å². The van der Waals surface area contributed by atoms with Gasteiger partial charge in [-0.2, -0.15) is 0 Å². The summed E-state index contributed by atoms with van der Waals surface area (Å²) in [5, 5.41) is 6.55. The molecule has 1 fully saturated rings. The Morgan fingerprint density at radius 1 is 1.10 bits per heavy atom. The van der Waals surface area contributed by atoms with Gasteiger partial charge < -0.3 is 10.6 Å². The lowest BCUT2D eigenvalue weighted by molar-refractivity contribution is -0.120. The highest BCUT2D eigenvalue weighted by atomic mass is 16.1. The Labute approximate surface area is 122 Å². The maximum absolute atomic E-state index is 12.0. The summed E-state index contributed by atoms with van der Waals surface area (Å²) in [5.74, 6) is 0.248. The van der Waals surface area contributed by atoms with Crippen LogP contribution in [-0.4, -0.2) is 11.9 Å². The van der Waals surface area contributed by atoms with Crippen LogP contribution in [0.4, 0.5) is 11.4 Å². The van der Waals surface area contributed by atoms with Crippen molar-refractivity contribution in [1.82, 2.24) is 0 Å². The number of rotatable bonds is 6. The van der Waals surface area contributed by atoms with E-state index in [0.717, 1.165) is 24.2 Å². The maximum atomic E-state index is 12.0. The van der Waals surface area contributed by atoms with Gasteiger partial charge >= 0.3 is 0 Å². The van der Waals surface area contributed by atoms with Crippen molar-refractivity contribution in [1.29, 1.82) is 0 Å². The largest absolute Gasteiger partial charge is 0.382 e. The molecule has 110 valence electrons. The molecule has 2 rings (SSSR count). The number of anilines is 2. The Bertz CT molecular complexity index is 417. The van der Waals surface area contributed by atoms with Crippen LogP contribution in [0.1, 0.15) is 52.4 Å². The zero-order chi connectivity index (χ0) is 14.4. The Morgan fingerprint density at radius 2 is 1.65 bits per heavy atom. The lowest BCUT2D eigenvalue weighted by Crippen LogP contribution is -2.21. The van der Waals surface area contributed by atoms with Crippen LogP contribution < -0.4 is 10.6 Å². The molecule has 0 aromatic heterocycles. The van der Waals surface area contributed by atoms with E-state index in [1.807, 2.05) is 12.1 Å². The van der Waals surface area contributed by atoms with Crippen molar-refractivity contribution < 1.29 is 4.79 Å². The van der Waals surface area contributed by atoms with E-state index in [-0.39, 0.29) is 11.8 Å². The molecule has 0 radical (unpaired) electrons. The van der Waals surface area contributed by atoms with E-state index >= 15 is 0 Å². The lowest BCUT2D eigenvalue weighted by atomic mass is 10.0. The first-order valence-electron chi connectivity index (χ1n) is 7.90. The SMILES string of the molecule is CCC(CC)C(=O)Nc1ccc(NC2CCCC2)cc1. The van der Waals surface area contributed by atoms with Crippen LogP contribution in [0.2, 0.25) is 0 Å². The minimum absolute atomic E-state index is 0.117. The maximum Gasteiger partial charge on any atom is 0.227 e. The van der Waals surface area contributed by atoms with Gasteiger partial charge in [-0.05, 0) is 49.9 Å². The predicted octanol–water partition coefficient (Wildman–Crippen LogP) is 4.42. The molecule has 2 N–H and O–H groups in total. The first-order chi connectivity index (χ1) is 9.72. The highest BCUT2D eigenvalue weighted by Gasteiger charge is 2.15. The van der Waals surface area contributed by atoms with Gasteiger partial charge in [-0.15, -0.1) is 0 Å². The average molecular weight is 274 g/mol. The molecule has 0 saturated heterocycles. The van der Waals surface area contributed by atoms with Gasteiger partial charge in [0.2, 0.25) is 5.91 Å². The molecule has 1 aliphatic carbocycles. The molecule has 0 unspecified atom stereocenters. The van der Waals surface area contributed by atoms with Crippen molar-refractivity contribution in [2.75, 3.05) is 10.6 Å². The number of amides is 1. The van der Waals surface area contributed by atoms with Gasteiger partial charge in [0.25, 0.3) is 0 Å². The average Bonchev–Trinajstić information content (AvgIpc) is 2.95. The molecule has 0 heterocycles. The van der Waals surface area contributed by atoms with Crippen molar-refractivity contribution in [3.8, 4) is 0 Å². The molecule has 1 aliphatic rings. The summed E-state index contributed by atoms with van der Waals surface area (Å²) in [5.41, 5.74) is 2.04. The van der Waals surface area contributed by atoms with Crippen LogP contribution >= 0.6 is 0 Å². The molecule has 1 aromatic rings. The van der Waals surface area contributed by atoms with Gasteiger partial charge in [0.1, 0.15) is 0 Å². The van der Waals surface area contributed by atoms with Crippen LogP contribution in [0.15, 0.2) is 24.3 Å². The molecule has 0 atom stereocenters. The van der Waals surface area contributed by atoms with Gasteiger partial charge in [-0.1, -0.05) is 26.7 Å². The van der Waals surface area contributed by atoms with Crippen LogP contribution in [0, 0.1) is 5.92 Å². The van der Waals surface area contributed by atoms with Crippen LogP contribution in [0.3, 0.4) is 0 Å². The molecule has 1 amide bonds. The predicted molar refractivity (Wildman–Crippen MR) is 85.0 cm³/mol. The van der Waals surface area contributed by atoms with Crippen molar-refractivity contribution in [3.63, 3.8) is 0 Å². The molecule has 3 nitrogen and oxygen atoms in total. The molecule has 0 bridgehead atoms. The summed E-state index contributed by atoms with van der Waals surface area (Å²) in [6.45, 7) is 4.12. The highest BCUT2D eigenvalue weighted by molar-refractivity contribution is 5.92. The lowest BCUT2D eigenvalue weighted by Gasteiger charge is -2.15. The number of carbonyl (C=O) groups is 1. The van der Waals surface area contributed by atoms with E-state index in [1.165, 1.54) is 25.7 Å². The number of benzene rings is 1. The molecule has 0 spiro atoms. The normalized spacial score (nSPS) is 15.6. The van der Waals surface area contributed by atoms with Crippen LogP contribution in [0.5, 0.6) is 0 Å². The molecule has 20 heavy (non-hydrogen) atoms. The number of hydrogen-bond donors (Lipinski definition) is 2. The summed E-state index contributed by atoms with van der Waals surface area (Å²) >= 11 is 0. The summed E-state index contributed by atoms with van der Waals surface area (Å²) < 4.78 is 0. The first kappa shape index (κ1) is 14.9. The Morgan fingerprint density at radius 3 is 2.20 bits per heavy atom. The quantitative estimate of drug-likeness (QED) is 0.806. The highest BCUT2D eigenvalue weighted by Crippen LogP contribution is 2.23. The van der Waals surface area contributed by atoms with Gasteiger partial charge in [0, 0.05) is 23.3 Å². The number of carbonyl (C=O) groups excluding carboxylic acids is 1. The Kier molecular flexibility index (Phi) is 5.45. The van der Waals surface area contributed by atoms with Crippen molar-refractivity contribution >= 4 is 17.3 Å². The molecule has 1 saturated carbocycles. The van der Waals surface area contributed by atoms with E-state index in [1.54, 1.807) is 0 Å². The first-order valence-corrected chi connectivity index (χ1v) is 7.90. The van der Waals surface area contributed by atoms with E-state index < -0.39 is 0 Å². The molecular weight excluding hydrogens is 248 g/mol. The number of hydrogen-bond acceptors (Lipinski definition) is 2. The van der Waals surface area contributed by atoms with Crippen LogP contribution in [0.25, 0.3) is 0 Å². The smallest absolute Gasteiger partial charge is 0.227 e. The van der Waals surface area contributed by atoms with E-state index in [4.69, 9.17) is 0 Å². The topological polar surface area (TPSA) is 41.1 Å². The zero-order valence-corrected chi connectivity index (χ0v) is 12.6. The van der Waals surface area contributed by atoms with E-state index in [0.29, 0.717) is 6.04 Å². The summed E-state index contributed by atoms with van der Waals surface area (Å²) in [7, 11) is 0. The Balaban J connectivity index is 1.89. The fourth-order valence-corrected chi connectivity index (χ4v) is 2.86. The second-order valence-corrected chi connectivity index (χ2v) is 5.71. The van der Waals surface area contributed by atoms with Crippen molar-refractivity contribution in [2.24, 2.45) is 5.92 Å². The fraction of sp³-hybridized carbons (Fsp3) is 0.588. The third-order valence-corrected chi connectivity index (χ3v) is 4.23. The summed E-state index contributed by atoms with van der Waals surface area (Å²) in [6, 6.07) is 8.71. The van der Waals surface area contributed by atoms with E-state index in [9.17, 15) is 4.79 Å². The second kappa shape index (κ2) is 7.32. The molecule has 1 aromatic carbocycles. The summed E-state index contributed by atoms with van der Waals surface area (Å²) in [4.78, 5) is 12.0. The zero-order valence-electron chi connectivity index (χ0n) is 12.6. The van der Waals surface area contributed by atoms with E-state index in [2.05, 4.69) is 36.6 Å². The van der Waals surface area contributed by atoms with Crippen LogP contribution in [-0.2, 0) is 4.79 Å². The van der Waals surface area contributed by atoms with Gasteiger partial charge in [-0.3, -0.25) is 4.79 Å². The number of nitrogens with one attached hydrogen (secondary N) is 2. The second-order valence-electron chi connectivity index (χ2n) is 5.71. The van der Waals surface area contributed by atoms with Crippen molar-refractivity contribution in [3.05, 3.63) is 24.3 Å². The Hall–Kier alpha value is -1.51. The standard InChI is InChI=1S/C17H26N2O/c1-3-13(4-2)17(20)19-16-11-9-15(10-12-16)18-14-7-5-6-8-14/h9-14,18H,3-8H2,1-2H3,(H,19,20). The third kappa shape index (κ3) is 3.99. The molecular formula is C17H26N2O. The minimum Gasteiger partial charge on any atom is -0.382 e. The fourth-order valence-electron chi connectivity index (χ4n) is 2.86. The van der Waals surface area contributed by atoms with Gasteiger partial charge in [0.15, 0.2) is 0 Å². The molecule has 3 heteroatoms. The monoisotopic (exact) mass is 274 g/mol. The third-order valence-electron chi connectivity index (χ3n) is 4.23. The van der Waals surface area contributed by atoms with Gasteiger partial charge in [0.05, 0.1) is 0 Å². The van der Waals surface area contributed by atoms with Crippen molar-refractivity contribution in [2.45, 2.75) is 58.4 Å².